The Kier molecular flexibility index (Phi) is 5.05. The smallest absolute Gasteiger partial charge is 0.251 e. The second-order valence-electron chi connectivity index (χ2n) is 4.80. The molecule has 0 aromatic carbocycles. The molecule has 2 aromatic heterocycles. The molecular weight excluding hydrogens is 268 g/mol. The highest BCUT2D eigenvalue weighted by Gasteiger charge is 2.05. The molecule has 0 amide bonds. The number of H-pyrrole nitrogens is 1. The van der Waals surface area contributed by atoms with Gasteiger partial charge in [-0.05, 0) is 25.5 Å². The van der Waals surface area contributed by atoms with Crippen molar-refractivity contribution in [2.75, 3.05) is 19.0 Å². The molecule has 21 heavy (non-hydrogen) atoms. The second-order valence-corrected chi connectivity index (χ2v) is 4.80. The molecule has 2 N–H and O–H groups in total. The zero-order valence-corrected chi connectivity index (χ0v) is 12.5. The fourth-order valence-electron chi connectivity index (χ4n) is 1.80. The van der Waals surface area contributed by atoms with Crippen LogP contribution in [0, 0.1) is 0 Å². The van der Waals surface area contributed by atoms with Crippen LogP contribution in [0.15, 0.2) is 29.2 Å². The van der Waals surface area contributed by atoms with Crippen LogP contribution in [-0.2, 0) is 11.2 Å². The number of anilines is 1. The molecule has 0 fully saturated rings. The van der Waals surface area contributed by atoms with E-state index in [0.29, 0.717) is 12.4 Å². The number of hydrogen-bond acceptors (Lipinski definition) is 5. The van der Waals surface area contributed by atoms with Crippen molar-refractivity contribution in [3.05, 3.63) is 40.4 Å². The van der Waals surface area contributed by atoms with Gasteiger partial charge in [-0.15, -0.1) is 0 Å². The summed E-state index contributed by atoms with van der Waals surface area (Å²) >= 11 is 0. The maximum Gasteiger partial charge on any atom is 0.251 e. The van der Waals surface area contributed by atoms with Crippen LogP contribution in [0.3, 0.4) is 0 Å². The maximum absolute atomic E-state index is 11.6. The van der Waals surface area contributed by atoms with Crippen LogP contribution in [0.25, 0.3) is 11.4 Å². The third kappa shape index (κ3) is 4.13. The molecule has 0 saturated carbocycles. The number of ether oxygens (including phenoxy) is 1. The van der Waals surface area contributed by atoms with E-state index in [1.807, 2.05) is 26.0 Å². The van der Waals surface area contributed by atoms with Gasteiger partial charge in [0.15, 0.2) is 0 Å². The topological polar surface area (TPSA) is 79.9 Å². The minimum atomic E-state index is -0.145. The average molecular weight is 288 g/mol. The molecule has 1 unspecified atom stereocenters. The summed E-state index contributed by atoms with van der Waals surface area (Å²) in [6, 6.07) is 5.25. The summed E-state index contributed by atoms with van der Waals surface area (Å²) in [6.45, 7) is 4.63. The van der Waals surface area contributed by atoms with Crippen molar-refractivity contribution in [2.45, 2.75) is 26.4 Å². The first-order valence-electron chi connectivity index (χ1n) is 6.95. The standard InChI is InChI=1S/C15H20N4O2/c1-4-12-7-14(20)19-15(18-12)11-5-6-13(17-9-11)16-8-10(2)21-3/h5-7,9-10H,4,8H2,1-3H3,(H,16,17)(H,18,19,20). The van der Waals surface area contributed by atoms with Gasteiger partial charge in [0.05, 0.1) is 6.10 Å². The highest BCUT2D eigenvalue weighted by molar-refractivity contribution is 5.55. The second kappa shape index (κ2) is 6.99. The Balaban J connectivity index is 2.15. The molecule has 0 aliphatic rings. The summed E-state index contributed by atoms with van der Waals surface area (Å²) < 4.78 is 5.16. The Labute approximate surface area is 123 Å². The Bertz CT molecular complexity index is 637. The Hall–Kier alpha value is -2.21. The molecule has 0 bridgehead atoms. The summed E-state index contributed by atoms with van der Waals surface area (Å²) in [4.78, 5) is 23.0. The monoisotopic (exact) mass is 288 g/mol. The maximum atomic E-state index is 11.6. The Morgan fingerprint density at radius 2 is 2.24 bits per heavy atom. The quantitative estimate of drug-likeness (QED) is 0.848. The lowest BCUT2D eigenvalue weighted by atomic mass is 10.2. The lowest BCUT2D eigenvalue weighted by Crippen LogP contribution is -2.18. The third-order valence-corrected chi connectivity index (χ3v) is 3.17. The van der Waals surface area contributed by atoms with E-state index in [4.69, 9.17) is 4.74 Å². The third-order valence-electron chi connectivity index (χ3n) is 3.17. The van der Waals surface area contributed by atoms with Crippen LogP contribution in [-0.4, -0.2) is 34.7 Å². The summed E-state index contributed by atoms with van der Waals surface area (Å²) in [5.41, 5.74) is 1.41. The SMILES string of the molecule is CCc1cc(=O)[nH]c(-c2ccc(NCC(C)OC)nc2)n1. The van der Waals surface area contributed by atoms with Gasteiger partial charge < -0.3 is 15.0 Å². The largest absolute Gasteiger partial charge is 0.380 e. The molecule has 2 heterocycles. The van der Waals surface area contributed by atoms with E-state index in [1.165, 1.54) is 6.07 Å². The summed E-state index contributed by atoms with van der Waals surface area (Å²) in [5.74, 6) is 1.31. The highest BCUT2D eigenvalue weighted by atomic mass is 16.5. The van der Waals surface area contributed by atoms with Crippen molar-refractivity contribution < 1.29 is 4.74 Å². The molecule has 0 radical (unpaired) electrons. The summed E-state index contributed by atoms with van der Waals surface area (Å²) in [7, 11) is 1.67. The van der Waals surface area contributed by atoms with Crippen LogP contribution in [0.1, 0.15) is 19.5 Å². The predicted octanol–water partition coefficient (Wildman–Crippen LogP) is 1.84. The van der Waals surface area contributed by atoms with E-state index in [2.05, 4.69) is 20.3 Å². The van der Waals surface area contributed by atoms with E-state index >= 15 is 0 Å². The van der Waals surface area contributed by atoms with E-state index in [0.717, 1.165) is 23.5 Å². The zero-order valence-electron chi connectivity index (χ0n) is 12.5. The fourth-order valence-corrected chi connectivity index (χ4v) is 1.80. The van der Waals surface area contributed by atoms with Crippen molar-refractivity contribution in [2.24, 2.45) is 0 Å². The first kappa shape index (κ1) is 15.2. The lowest BCUT2D eigenvalue weighted by molar-refractivity contribution is 0.128. The number of rotatable bonds is 6. The molecule has 0 aliphatic heterocycles. The summed E-state index contributed by atoms with van der Waals surface area (Å²) in [5, 5.41) is 3.18. The number of pyridine rings is 1. The van der Waals surface area contributed by atoms with E-state index in [9.17, 15) is 4.79 Å². The van der Waals surface area contributed by atoms with Gasteiger partial charge in [0.1, 0.15) is 11.6 Å². The van der Waals surface area contributed by atoms with Gasteiger partial charge in [0, 0.05) is 37.2 Å². The molecule has 0 aliphatic carbocycles. The van der Waals surface area contributed by atoms with Crippen LogP contribution in [0.2, 0.25) is 0 Å². The number of nitrogens with one attached hydrogen (secondary N) is 2. The number of methoxy groups -OCH3 is 1. The van der Waals surface area contributed by atoms with Crippen LogP contribution in [0.5, 0.6) is 0 Å². The Morgan fingerprint density at radius 1 is 1.43 bits per heavy atom. The first-order valence-corrected chi connectivity index (χ1v) is 6.95. The van der Waals surface area contributed by atoms with Gasteiger partial charge in [-0.1, -0.05) is 6.92 Å². The van der Waals surface area contributed by atoms with Crippen LogP contribution in [0.4, 0.5) is 5.82 Å². The predicted molar refractivity (Wildman–Crippen MR) is 82.4 cm³/mol. The van der Waals surface area contributed by atoms with Gasteiger partial charge in [-0.25, -0.2) is 9.97 Å². The van der Waals surface area contributed by atoms with Gasteiger partial charge in [-0.3, -0.25) is 4.79 Å². The van der Waals surface area contributed by atoms with E-state index in [-0.39, 0.29) is 11.7 Å². The van der Waals surface area contributed by atoms with Crippen molar-refractivity contribution >= 4 is 5.82 Å². The molecule has 2 aromatic rings. The fraction of sp³-hybridized carbons (Fsp3) is 0.400. The van der Waals surface area contributed by atoms with Gasteiger partial charge in [0.2, 0.25) is 0 Å². The molecular formula is C15H20N4O2. The number of nitrogens with zero attached hydrogens (tertiary/aromatic N) is 2. The van der Waals surface area contributed by atoms with Gasteiger partial charge in [-0.2, -0.15) is 0 Å². The molecule has 1 atom stereocenters. The number of aryl methyl sites for hydroxylation is 1. The summed E-state index contributed by atoms with van der Waals surface area (Å²) in [6.07, 6.45) is 2.53. The number of aromatic amines is 1. The normalized spacial score (nSPS) is 12.1. The van der Waals surface area contributed by atoms with Gasteiger partial charge in [0.25, 0.3) is 5.56 Å². The average Bonchev–Trinajstić information content (AvgIpc) is 2.52. The molecule has 2 rings (SSSR count). The number of hydrogen-bond donors (Lipinski definition) is 2. The van der Waals surface area contributed by atoms with Crippen molar-refractivity contribution in [3.8, 4) is 11.4 Å². The van der Waals surface area contributed by atoms with Crippen molar-refractivity contribution in [1.29, 1.82) is 0 Å². The zero-order chi connectivity index (χ0) is 15.2. The van der Waals surface area contributed by atoms with E-state index < -0.39 is 0 Å². The molecule has 0 saturated heterocycles. The number of aromatic nitrogens is 3. The minimum absolute atomic E-state index is 0.116. The lowest BCUT2D eigenvalue weighted by Gasteiger charge is -2.11. The van der Waals surface area contributed by atoms with Gasteiger partial charge >= 0.3 is 0 Å². The first-order chi connectivity index (χ1) is 10.1. The molecule has 6 nitrogen and oxygen atoms in total. The highest BCUT2D eigenvalue weighted by Crippen LogP contribution is 2.14. The van der Waals surface area contributed by atoms with Crippen molar-refractivity contribution in [1.82, 2.24) is 15.0 Å². The van der Waals surface area contributed by atoms with E-state index in [1.54, 1.807) is 13.3 Å². The Morgan fingerprint density at radius 3 is 2.86 bits per heavy atom. The van der Waals surface area contributed by atoms with Crippen LogP contribution < -0.4 is 10.9 Å². The molecule has 0 spiro atoms. The minimum Gasteiger partial charge on any atom is -0.380 e. The molecule has 112 valence electrons. The molecule has 6 heteroatoms. The van der Waals surface area contributed by atoms with Crippen LogP contribution >= 0.6 is 0 Å². The van der Waals surface area contributed by atoms with Crippen molar-refractivity contribution in [3.63, 3.8) is 0 Å².